The second-order valence-corrected chi connectivity index (χ2v) is 4.46. The van der Waals surface area contributed by atoms with Crippen LogP contribution in [0.4, 0.5) is 0 Å². The molecule has 0 fully saturated rings. The molecule has 0 amide bonds. The first-order valence-corrected chi connectivity index (χ1v) is 5.74. The number of hydroxylamine groups is 3. The zero-order valence-electron chi connectivity index (χ0n) is 11.0. The van der Waals surface area contributed by atoms with Crippen molar-refractivity contribution in [3.63, 3.8) is 0 Å². The highest BCUT2D eigenvalue weighted by molar-refractivity contribution is 7.40. The monoisotopic (exact) mass is 229 g/mol. The molecule has 0 rings (SSSR count). The Balaban J connectivity index is -0.0000000904. The summed E-state index contributed by atoms with van der Waals surface area (Å²) in [5.41, 5.74) is 0. The van der Waals surface area contributed by atoms with Gasteiger partial charge < -0.3 is 19.2 Å². The molecular weight excluding hydrogens is 209 g/mol. The fourth-order valence-corrected chi connectivity index (χ4v) is 0.734. The minimum absolute atomic E-state index is 0. The smallest absolute Gasteiger partial charge is 0.822 e. The van der Waals surface area contributed by atoms with Crippen molar-refractivity contribution in [2.24, 2.45) is 0 Å². The third-order valence-corrected chi connectivity index (χ3v) is 1.79. The molecule has 0 spiro atoms. The molecule has 7 heteroatoms. The number of phosphoric acid groups is 1. The Kier molecular flexibility index (Phi) is 7.64. The zero-order valence-corrected chi connectivity index (χ0v) is 9.86. The van der Waals surface area contributed by atoms with Gasteiger partial charge in [-0.1, -0.05) is 13.3 Å². The van der Waals surface area contributed by atoms with Crippen LogP contribution < -0.4 is 14.7 Å². The summed E-state index contributed by atoms with van der Waals surface area (Å²) in [5.74, 6) is 0. The molecule has 1 N–H and O–H groups in total. The standard InChI is InChI=1S/C7H18NO.H3O4P/c1-5-6-7(2)8(3,4)9;1-5(2,3)4/h7,9H,5-6H2,1-4H3;(H3,1,2,3,4)/q+1;/p-1. The minimum Gasteiger partial charge on any atom is -0.822 e. The highest BCUT2D eigenvalue weighted by Crippen LogP contribution is 2.07. The lowest BCUT2D eigenvalue weighted by Crippen LogP contribution is -2.43. The van der Waals surface area contributed by atoms with E-state index in [9.17, 15) is 5.21 Å². The fourth-order valence-electron chi connectivity index (χ4n) is 0.734. The van der Waals surface area contributed by atoms with E-state index in [1.165, 1.54) is 0 Å². The molecule has 0 saturated carbocycles. The summed E-state index contributed by atoms with van der Waals surface area (Å²) in [6.07, 6.45) is 2.23. The van der Waals surface area contributed by atoms with E-state index < -0.39 is 7.82 Å². The van der Waals surface area contributed by atoms with E-state index >= 15 is 0 Å². The van der Waals surface area contributed by atoms with Crippen molar-refractivity contribution in [2.45, 2.75) is 32.7 Å². The van der Waals surface area contributed by atoms with Crippen molar-refractivity contribution >= 4 is 7.82 Å². The van der Waals surface area contributed by atoms with Gasteiger partial charge in [0.25, 0.3) is 0 Å². The predicted molar refractivity (Wildman–Crippen MR) is 48.1 cm³/mol. The highest BCUT2D eigenvalue weighted by Gasteiger charge is 2.19. The van der Waals surface area contributed by atoms with Crippen molar-refractivity contribution in [3.05, 3.63) is 0 Å². The topological polar surface area (TPSA) is 106 Å². The first kappa shape index (κ1) is 16.5. The van der Waals surface area contributed by atoms with E-state index in [0.29, 0.717) is 6.04 Å². The van der Waals surface area contributed by atoms with Gasteiger partial charge in [0.1, 0.15) is 6.04 Å². The third-order valence-electron chi connectivity index (χ3n) is 1.79. The molecule has 0 aliphatic heterocycles. The van der Waals surface area contributed by atoms with E-state index in [2.05, 4.69) is 13.8 Å². The predicted octanol–water partition coefficient (Wildman–Crippen LogP) is -0.959. The van der Waals surface area contributed by atoms with Crippen LogP contribution in [0.25, 0.3) is 0 Å². The maximum atomic E-state index is 9.35. The Morgan fingerprint density at radius 1 is 1.43 bits per heavy atom. The normalized spacial score (nSPS) is 14.3. The molecule has 0 bridgehead atoms. The number of nitrogens with zero attached hydrogens (tertiary/aromatic N) is 1. The molecule has 88 valence electrons. The van der Waals surface area contributed by atoms with Crippen LogP contribution >= 0.6 is 7.82 Å². The van der Waals surface area contributed by atoms with Gasteiger partial charge in [-0.2, -0.15) is 12.5 Å². The fraction of sp³-hybridized carbons (Fsp3) is 1.00. The Morgan fingerprint density at radius 2 is 1.71 bits per heavy atom. The maximum Gasteiger partial charge on any atom is 1.00 e. The average Bonchev–Trinajstić information content (AvgIpc) is 1.81. The molecule has 0 aromatic rings. The maximum absolute atomic E-state index is 9.35. The summed E-state index contributed by atoms with van der Waals surface area (Å²) in [5, 5.41) is 9.35. The van der Waals surface area contributed by atoms with Crippen molar-refractivity contribution in [3.8, 4) is 0 Å². The highest BCUT2D eigenvalue weighted by atomic mass is 31.2. The molecule has 0 heterocycles. The van der Waals surface area contributed by atoms with Gasteiger partial charge in [-0.15, -0.1) is 0 Å². The van der Waals surface area contributed by atoms with Gasteiger partial charge in [-0.05, 0) is 6.92 Å². The minimum atomic E-state index is -5.39. The SMILES string of the molecule is CCCC(C)[N+](C)(C)O.O=P([O-])([O-])[O-].[H+].[H+]. The largest absolute Gasteiger partial charge is 1.00 e. The summed E-state index contributed by atoms with van der Waals surface area (Å²) in [7, 11) is -1.78. The van der Waals surface area contributed by atoms with E-state index in [4.69, 9.17) is 19.2 Å². The van der Waals surface area contributed by atoms with E-state index in [1.54, 1.807) is 14.1 Å². The van der Waals surface area contributed by atoms with Crippen LogP contribution in [0, 0.1) is 0 Å². The molecule has 0 aliphatic carbocycles. The van der Waals surface area contributed by atoms with Crippen LogP contribution in [0.5, 0.6) is 0 Å². The van der Waals surface area contributed by atoms with Gasteiger partial charge in [0.05, 0.1) is 14.1 Å². The summed E-state index contributed by atoms with van der Waals surface area (Å²) in [6, 6.07) is 0.356. The molecule has 0 aromatic carbocycles. The van der Waals surface area contributed by atoms with Gasteiger partial charge in [0.15, 0.2) is 0 Å². The van der Waals surface area contributed by atoms with Crippen LogP contribution in [0.2, 0.25) is 0 Å². The van der Waals surface area contributed by atoms with Crippen LogP contribution in [0.15, 0.2) is 0 Å². The lowest BCUT2D eigenvalue weighted by molar-refractivity contribution is -1.09. The van der Waals surface area contributed by atoms with Crippen LogP contribution in [0.1, 0.15) is 29.5 Å². The first-order chi connectivity index (χ1) is 5.98. The van der Waals surface area contributed by atoms with Gasteiger partial charge in [0, 0.05) is 6.42 Å². The Bertz CT molecular complexity index is 185. The van der Waals surface area contributed by atoms with Crippen LogP contribution in [-0.4, -0.2) is 30.0 Å². The number of hydrogen-bond donors (Lipinski definition) is 1. The van der Waals surface area contributed by atoms with Crippen LogP contribution in [0.3, 0.4) is 0 Å². The third kappa shape index (κ3) is 17.9. The van der Waals surface area contributed by atoms with Crippen molar-refractivity contribution in [2.75, 3.05) is 14.1 Å². The van der Waals surface area contributed by atoms with Crippen molar-refractivity contribution < 1.29 is 32.0 Å². The molecule has 0 radical (unpaired) electrons. The van der Waals surface area contributed by atoms with E-state index in [-0.39, 0.29) is 7.50 Å². The molecule has 1 atom stereocenters. The zero-order chi connectivity index (χ0) is 12.0. The van der Waals surface area contributed by atoms with Gasteiger partial charge >= 0.3 is 2.85 Å². The summed E-state index contributed by atoms with van der Waals surface area (Å²) < 4.78 is 8.64. The lowest BCUT2D eigenvalue weighted by Gasteiger charge is -2.36. The summed E-state index contributed by atoms with van der Waals surface area (Å²) in [4.78, 5) is 25.6. The number of hydrogen-bond acceptors (Lipinski definition) is 5. The molecule has 0 aliphatic rings. The van der Waals surface area contributed by atoms with Crippen LogP contribution in [-0.2, 0) is 4.57 Å². The van der Waals surface area contributed by atoms with E-state index in [0.717, 1.165) is 12.8 Å². The molecule has 0 saturated heterocycles. The molecule has 1 unspecified atom stereocenters. The van der Waals surface area contributed by atoms with Gasteiger partial charge in [-0.3, -0.25) is 0 Å². The van der Waals surface area contributed by atoms with Gasteiger partial charge in [-0.25, -0.2) is 5.21 Å². The molecule has 14 heavy (non-hydrogen) atoms. The van der Waals surface area contributed by atoms with E-state index in [1.807, 2.05) is 0 Å². The van der Waals surface area contributed by atoms with Gasteiger partial charge in [0.2, 0.25) is 0 Å². The second kappa shape index (κ2) is 6.50. The van der Waals surface area contributed by atoms with Crippen molar-refractivity contribution in [1.82, 2.24) is 0 Å². The molecule has 6 nitrogen and oxygen atoms in total. The quantitative estimate of drug-likeness (QED) is 0.381. The first-order valence-electron chi connectivity index (χ1n) is 4.28. The Labute approximate surface area is 87.6 Å². The second-order valence-electron chi connectivity index (χ2n) is 3.56. The molecule has 0 aromatic heterocycles. The number of rotatable bonds is 3. The molecular formula is C7H20NO5P. The summed E-state index contributed by atoms with van der Waals surface area (Å²) in [6.45, 7) is 4.19. The number of quaternary nitrogens is 1. The average molecular weight is 229 g/mol. The Morgan fingerprint density at radius 3 is 1.79 bits per heavy atom. The lowest BCUT2D eigenvalue weighted by atomic mass is 10.2. The summed E-state index contributed by atoms with van der Waals surface area (Å²) >= 11 is 0. The van der Waals surface area contributed by atoms with Crippen molar-refractivity contribution in [1.29, 1.82) is 0 Å². The Hall–Kier alpha value is 0.0300.